The van der Waals surface area contributed by atoms with Crippen molar-refractivity contribution in [2.24, 2.45) is 0 Å². The third-order valence-electron chi connectivity index (χ3n) is 2.41. The molecule has 0 aliphatic heterocycles. The Bertz CT molecular complexity index is 583. The molecule has 0 saturated carbocycles. The molecular formula is C12H11IN2O2S. The van der Waals surface area contributed by atoms with Gasteiger partial charge in [-0.2, -0.15) is 0 Å². The Morgan fingerprint density at radius 1 is 1.39 bits per heavy atom. The average molecular weight is 374 g/mol. The molecule has 18 heavy (non-hydrogen) atoms. The SMILES string of the molecule is Cc1ccc(CNc2ccc([N+](=O)[O-])c(I)c2)s1. The summed E-state index contributed by atoms with van der Waals surface area (Å²) in [6.45, 7) is 2.81. The Labute approximate surface area is 122 Å². The van der Waals surface area contributed by atoms with Gasteiger partial charge in [0.1, 0.15) is 0 Å². The minimum Gasteiger partial charge on any atom is -0.380 e. The molecule has 1 aromatic carbocycles. The molecule has 1 heterocycles. The van der Waals surface area contributed by atoms with Crippen LogP contribution in [0.15, 0.2) is 30.3 Å². The smallest absolute Gasteiger partial charge is 0.282 e. The van der Waals surface area contributed by atoms with Crippen LogP contribution in [0.25, 0.3) is 0 Å². The van der Waals surface area contributed by atoms with E-state index in [-0.39, 0.29) is 10.6 Å². The second kappa shape index (κ2) is 5.66. The molecule has 0 amide bonds. The lowest BCUT2D eigenvalue weighted by atomic mass is 10.3. The predicted molar refractivity (Wildman–Crippen MR) is 82.2 cm³/mol. The van der Waals surface area contributed by atoms with Crippen molar-refractivity contribution < 1.29 is 4.92 Å². The maximum Gasteiger partial charge on any atom is 0.282 e. The first kappa shape index (κ1) is 13.3. The van der Waals surface area contributed by atoms with Crippen molar-refractivity contribution in [3.63, 3.8) is 0 Å². The Hall–Kier alpha value is -1.15. The molecule has 6 heteroatoms. The molecule has 0 radical (unpaired) electrons. The third kappa shape index (κ3) is 3.20. The van der Waals surface area contributed by atoms with Crippen LogP contribution < -0.4 is 5.32 Å². The summed E-state index contributed by atoms with van der Waals surface area (Å²) in [6, 6.07) is 9.23. The van der Waals surface area contributed by atoms with Crippen LogP contribution in [0.3, 0.4) is 0 Å². The van der Waals surface area contributed by atoms with Crippen LogP contribution in [0, 0.1) is 20.6 Å². The number of nitro benzene ring substituents is 1. The summed E-state index contributed by atoms with van der Waals surface area (Å²) < 4.78 is 0.643. The number of thiophene rings is 1. The van der Waals surface area contributed by atoms with E-state index in [1.807, 2.05) is 22.6 Å². The Balaban J connectivity index is 2.06. The standard InChI is InChI=1S/C12H11IN2O2S/c1-8-2-4-10(18-8)7-14-9-3-5-12(15(16)17)11(13)6-9/h2-6,14H,7H2,1H3. The van der Waals surface area contributed by atoms with E-state index >= 15 is 0 Å². The number of aryl methyl sites for hydroxylation is 1. The second-order valence-electron chi connectivity index (χ2n) is 3.79. The van der Waals surface area contributed by atoms with Crippen molar-refractivity contribution in [1.82, 2.24) is 0 Å². The topological polar surface area (TPSA) is 55.2 Å². The summed E-state index contributed by atoms with van der Waals surface area (Å²) >= 11 is 3.73. The molecule has 4 nitrogen and oxygen atoms in total. The average Bonchev–Trinajstić information content (AvgIpc) is 2.72. The zero-order chi connectivity index (χ0) is 13.1. The molecule has 0 aliphatic carbocycles. The lowest BCUT2D eigenvalue weighted by molar-refractivity contribution is -0.385. The molecule has 0 aliphatic rings. The largest absolute Gasteiger partial charge is 0.380 e. The lowest BCUT2D eigenvalue weighted by Gasteiger charge is -2.05. The molecule has 0 bridgehead atoms. The molecular weight excluding hydrogens is 363 g/mol. The number of hydrogen-bond acceptors (Lipinski definition) is 4. The van der Waals surface area contributed by atoms with Crippen LogP contribution in [0.4, 0.5) is 11.4 Å². The van der Waals surface area contributed by atoms with Crippen molar-refractivity contribution in [3.8, 4) is 0 Å². The quantitative estimate of drug-likeness (QED) is 0.496. The van der Waals surface area contributed by atoms with E-state index < -0.39 is 0 Å². The molecule has 0 fully saturated rings. The van der Waals surface area contributed by atoms with E-state index in [0.29, 0.717) is 3.57 Å². The number of halogens is 1. The van der Waals surface area contributed by atoms with Gasteiger partial charge in [0.25, 0.3) is 5.69 Å². The molecule has 0 spiro atoms. The Kier molecular flexibility index (Phi) is 4.18. The van der Waals surface area contributed by atoms with Crippen LogP contribution in [0.2, 0.25) is 0 Å². The van der Waals surface area contributed by atoms with Gasteiger partial charge >= 0.3 is 0 Å². The fourth-order valence-corrected chi connectivity index (χ4v) is 3.08. The molecule has 1 N–H and O–H groups in total. The highest BCUT2D eigenvalue weighted by molar-refractivity contribution is 14.1. The molecule has 2 rings (SSSR count). The van der Waals surface area contributed by atoms with Crippen LogP contribution >= 0.6 is 33.9 Å². The van der Waals surface area contributed by atoms with Gasteiger partial charge in [0, 0.05) is 28.1 Å². The molecule has 1 aromatic heterocycles. The fraction of sp³-hybridized carbons (Fsp3) is 0.167. The minimum absolute atomic E-state index is 0.146. The highest BCUT2D eigenvalue weighted by atomic mass is 127. The van der Waals surface area contributed by atoms with Gasteiger partial charge < -0.3 is 5.32 Å². The molecule has 2 aromatic rings. The minimum atomic E-state index is -0.367. The van der Waals surface area contributed by atoms with Gasteiger partial charge in [0.05, 0.1) is 8.49 Å². The number of benzene rings is 1. The van der Waals surface area contributed by atoms with E-state index in [2.05, 4.69) is 24.4 Å². The van der Waals surface area contributed by atoms with Gasteiger partial charge in [-0.15, -0.1) is 11.3 Å². The maximum atomic E-state index is 10.7. The van der Waals surface area contributed by atoms with E-state index in [4.69, 9.17) is 0 Å². The number of anilines is 1. The van der Waals surface area contributed by atoms with E-state index in [1.165, 1.54) is 15.8 Å². The van der Waals surface area contributed by atoms with Crippen molar-refractivity contribution in [1.29, 1.82) is 0 Å². The number of nitrogens with one attached hydrogen (secondary N) is 1. The van der Waals surface area contributed by atoms with Crippen molar-refractivity contribution in [2.75, 3.05) is 5.32 Å². The van der Waals surface area contributed by atoms with Gasteiger partial charge in [-0.25, -0.2) is 0 Å². The lowest BCUT2D eigenvalue weighted by Crippen LogP contribution is -1.99. The van der Waals surface area contributed by atoms with Gasteiger partial charge in [0.2, 0.25) is 0 Å². The van der Waals surface area contributed by atoms with E-state index in [0.717, 1.165) is 12.2 Å². The van der Waals surface area contributed by atoms with E-state index in [1.54, 1.807) is 23.5 Å². The summed E-state index contributed by atoms with van der Waals surface area (Å²) in [7, 11) is 0. The number of rotatable bonds is 4. The van der Waals surface area contributed by atoms with Crippen LogP contribution in [0.5, 0.6) is 0 Å². The molecule has 0 atom stereocenters. The zero-order valence-corrected chi connectivity index (χ0v) is 12.6. The van der Waals surface area contributed by atoms with Crippen LogP contribution in [-0.4, -0.2) is 4.92 Å². The maximum absolute atomic E-state index is 10.7. The molecule has 0 saturated heterocycles. The summed E-state index contributed by atoms with van der Waals surface area (Å²) in [6.07, 6.45) is 0. The van der Waals surface area contributed by atoms with Gasteiger partial charge in [-0.1, -0.05) is 0 Å². The third-order valence-corrected chi connectivity index (χ3v) is 4.27. The van der Waals surface area contributed by atoms with Crippen molar-refractivity contribution in [2.45, 2.75) is 13.5 Å². The highest BCUT2D eigenvalue weighted by Crippen LogP contribution is 2.25. The van der Waals surface area contributed by atoms with E-state index in [9.17, 15) is 10.1 Å². The summed E-state index contributed by atoms with van der Waals surface area (Å²) in [4.78, 5) is 12.9. The van der Waals surface area contributed by atoms with Gasteiger partial charge in [0.15, 0.2) is 0 Å². The fourth-order valence-electron chi connectivity index (χ4n) is 1.53. The van der Waals surface area contributed by atoms with Crippen molar-refractivity contribution >= 4 is 45.3 Å². The van der Waals surface area contributed by atoms with Gasteiger partial charge in [-0.05, 0) is 53.8 Å². The first-order valence-corrected chi connectivity index (χ1v) is 7.19. The number of hydrogen-bond donors (Lipinski definition) is 1. The normalized spacial score (nSPS) is 10.3. The summed E-state index contributed by atoms with van der Waals surface area (Å²) in [5, 5.41) is 14.0. The van der Waals surface area contributed by atoms with Crippen LogP contribution in [0.1, 0.15) is 9.75 Å². The number of nitrogens with zero attached hydrogens (tertiary/aromatic N) is 1. The summed E-state index contributed by atoms with van der Waals surface area (Å²) in [5.74, 6) is 0. The second-order valence-corrected chi connectivity index (χ2v) is 6.32. The zero-order valence-electron chi connectivity index (χ0n) is 9.64. The molecule has 0 unspecified atom stereocenters. The van der Waals surface area contributed by atoms with Gasteiger partial charge in [-0.3, -0.25) is 10.1 Å². The highest BCUT2D eigenvalue weighted by Gasteiger charge is 2.11. The van der Waals surface area contributed by atoms with Crippen molar-refractivity contribution in [3.05, 3.63) is 53.8 Å². The first-order chi connectivity index (χ1) is 8.56. The Morgan fingerprint density at radius 2 is 2.17 bits per heavy atom. The summed E-state index contributed by atoms with van der Waals surface area (Å²) in [5.41, 5.74) is 1.05. The van der Waals surface area contributed by atoms with Crippen LogP contribution in [-0.2, 0) is 6.54 Å². The Morgan fingerprint density at radius 3 is 2.72 bits per heavy atom. The number of nitro groups is 1. The monoisotopic (exact) mass is 374 g/mol. The predicted octanol–water partition coefficient (Wildman–Crippen LogP) is 4.18. The molecule has 94 valence electrons. The first-order valence-electron chi connectivity index (χ1n) is 5.29.